The van der Waals surface area contributed by atoms with Crippen LogP contribution >= 0.6 is 0 Å². The topological polar surface area (TPSA) is 43.1 Å². The van der Waals surface area contributed by atoms with E-state index in [-0.39, 0.29) is 11.2 Å². The van der Waals surface area contributed by atoms with E-state index < -0.39 is 0 Å². The van der Waals surface area contributed by atoms with Crippen LogP contribution < -0.4 is 0 Å². The zero-order chi connectivity index (χ0) is 8.48. The highest BCUT2D eigenvalue weighted by molar-refractivity contribution is 5.97. The molecule has 0 bridgehead atoms. The normalized spacial score (nSPS) is 11.5. The van der Waals surface area contributed by atoms with Gasteiger partial charge in [0, 0.05) is 5.41 Å². The van der Waals surface area contributed by atoms with E-state index in [0.29, 0.717) is 5.76 Å². The first-order valence-corrected chi connectivity index (χ1v) is 3.45. The van der Waals surface area contributed by atoms with Gasteiger partial charge in [-0.2, -0.15) is 0 Å². The molecule has 1 aromatic rings. The van der Waals surface area contributed by atoms with Gasteiger partial charge in [0.15, 0.2) is 12.2 Å². The number of oxazole rings is 1. The summed E-state index contributed by atoms with van der Waals surface area (Å²) in [5.74, 6) is 0.313. The molecule has 0 atom stereocenters. The molecule has 1 heterocycles. The Morgan fingerprint density at radius 1 is 1.55 bits per heavy atom. The number of rotatable bonds is 1. The van der Waals surface area contributed by atoms with Gasteiger partial charge in [0.1, 0.15) is 0 Å². The molecule has 1 rings (SSSR count). The lowest BCUT2D eigenvalue weighted by molar-refractivity contribution is 0.0828. The molecule has 0 aliphatic carbocycles. The first-order chi connectivity index (χ1) is 5.02. The van der Waals surface area contributed by atoms with Crippen molar-refractivity contribution in [3.05, 3.63) is 18.4 Å². The number of ketones is 1. The second-order valence-electron chi connectivity index (χ2n) is 3.44. The Bertz CT molecular complexity index is 244. The molecular weight excluding hydrogens is 142 g/mol. The number of nitrogens with zero attached hydrogens (tertiary/aromatic N) is 1. The maximum absolute atomic E-state index is 11.4. The summed E-state index contributed by atoms with van der Waals surface area (Å²) in [5, 5.41) is 0. The van der Waals surface area contributed by atoms with Crippen LogP contribution in [0.2, 0.25) is 0 Å². The molecule has 0 fully saturated rings. The average molecular weight is 153 g/mol. The standard InChI is InChI=1S/C8H11NO2/c1-8(2,3)7(10)6-4-9-5-11-6/h4-5H,1-3H3. The summed E-state index contributed by atoms with van der Waals surface area (Å²) < 4.78 is 4.86. The van der Waals surface area contributed by atoms with Gasteiger partial charge in [-0.25, -0.2) is 4.98 Å². The maximum Gasteiger partial charge on any atom is 0.204 e. The Labute approximate surface area is 65.4 Å². The SMILES string of the molecule is CC(C)(C)C(=O)c1cnco1. The average Bonchev–Trinajstić information content (AvgIpc) is 2.34. The van der Waals surface area contributed by atoms with Gasteiger partial charge in [0.05, 0.1) is 6.20 Å². The third kappa shape index (κ3) is 1.67. The van der Waals surface area contributed by atoms with Crippen LogP contribution in [0.3, 0.4) is 0 Å². The van der Waals surface area contributed by atoms with Crippen LogP contribution in [0, 0.1) is 5.41 Å². The second kappa shape index (κ2) is 2.49. The molecule has 0 saturated heterocycles. The minimum absolute atomic E-state index is 0.0185. The lowest BCUT2D eigenvalue weighted by atomic mass is 9.90. The highest BCUT2D eigenvalue weighted by Gasteiger charge is 2.25. The smallest absolute Gasteiger partial charge is 0.204 e. The lowest BCUT2D eigenvalue weighted by Crippen LogP contribution is -2.19. The van der Waals surface area contributed by atoms with Gasteiger partial charge < -0.3 is 4.42 Å². The summed E-state index contributed by atoms with van der Waals surface area (Å²) >= 11 is 0. The third-order valence-electron chi connectivity index (χ3n) is 1.34. The predicted octanol–water partition coefficient (Wildman–Crippen LogP) is 1.90. The number of hydrogen-bond acceptors (Lipinski definition) is 3. The van der Waals surface area contributed by atoms with E-state index in [4.69, 9.17) is 4.42 Å². The van der Waals surface area contributed by atoms with Crippen LogP contribution in [-0.4, -0.2) is 10.8 Å². The van der Waals surface area contributed by atoms with Crippen LogP contribution in [0.4, 0.5) is 0 Å². The van der Waals surface area contributed by atoms with E-state index in [1.807, 2.05) is 20.8 Å². The summed E-state index contributed by atoms with van der Waals surface area (Å²) in [6.45, 7) is 5.54. The fraction of sp³-hybridized carbons (Fsp3) is 0.500. The highest BCUT2D eigenvalue weighted by atomic mass is 16.3. The number of Topliss-reactive ketones (excluding diaryl/α,β-unsaturated/α-hetero) is 1. The molecule has 1 aromatic heterocycles. The first kappa shape index (κ1) is 7.98. The van der Waals surface area contributed by atoms with Gasteiger partial charge in [-0.15, -0.1) is 0 Å². The second-order valence-corrected chi connectivity index (χ2v) is 3.44. The number of carbonyl (C=O) groups excluding carboxylic acids is 1. The zero-order valence-electron chi connectivity index (χ0n) is 6.92. The Hall–Kier alpha value is -1.12. The van der Waals surface area contributed by atoms with Crippen LogP contribution in [0.1, 0.15) is 31.3 Å². The summed E-state index contributed by atoms with van der Waals surface area (Å²) in [5.41, 5.74) is -0.389. The predicted molar refractivity (Wildman–Crippen MR) is 40.3 cm³/mol. The summed E-state index contributed by atoms with van der Waals surface area (Å²) in [6, 6.07) is 0. The van der Waals surface area contributed by atoms with E-state index >= 15 is 0 Å². The zero-order valence-corrected chi connectivity index (χ0v) is 6.92. The molecule has 3 nitrogen and oxygen atoms in total. The Balaban J connectivity index is 2.88. The minimum Gasteiger partial charge on any atom is -0.440 e. The molecule has 0 aromatic carbocycles. The molecule has 3 heteroatoms. The van der Waals surface area contributed by atoms with Crippen LogP contribution in [0.25, 0.3) is 0 Å². The lowest BCUT2D eigenvalue weighted by Gasteiger charge is -2.13. The van der Waals surface area contributed by atoms with Crippen LogP contribution in [0.15, 0.2) is 17.0 Å². The van der Waals surface area contributed by atoms with Crippen LogP contribution in [0.5, 0.6) is 0 Å². The molecule has 0 amide bonds. The molecule has 60 valence electrons. The Morgan fingerprint density at radius 3 is 2.55 bits per heavy atom. The Morgan fingerprint density at radius 2 is 2.18 bits per heavy atom. The maximum atomic E-state index is 11.4. The quantitative estimate of drug-likeness (QED) is 0.579. The van der Waals surface area contributed by atoms with E-state index in [1.165, 1.54) is 12.6 Å². The fourth-order valence-corrected chi connectivity index (χ4v) is 0.698. The molecule has 0 aliphatic rings. The van der Waals surface area contributed by atoms with Crippen molar-refractivity contribution >= 4 is 5.78 Å². The monoisotopic (exact) mass is 153 g/mol. The van der Waals surface area contributed by atoms with Gasteiger partial charge in [0.2, 0.25) is 5.78 Å². The van der Waals surface area contributed by atoms with Gasteiger partial charge >= 0.3 is 0 Å². The van der Waals surface area contributed by atoms with E-state index in [0.717, 1.165) is 0 Å². The largest absolute Gasteiger partial charge is 0.440 e. The van der Waals surface area contributed by atoms with Crippen molar-refractivity contribution in [2.24, 2.45) is 5.41 Å². The van der Waals surface area contributed by atoms with Crippen LogP contribution in [-0.2, 0) is 0 Å². The van der Waals surface area contributed by atoms with Crippen molar-refractivity contribution in [2.45, 2.75) is 20.8 Å². The Kier molecular flexibility index (Phi) is 1.81. The van der Waals surface area contributed by atoms with E-state index in [2.05, 4.69) is 4.98 Å². The van der Waals surface area contributed by atoms with Gasteiger partial charge in [-0.1, -0.05) is 20.8 Å². The first-order valence-electron chi connectivity index (χ1n) is 3.45. The van der Waals surface area contributed by atoms with E-state index in [1.54, 1.807) is 0 Å². The highest BCUT2D eigenvalue weighted by Crippen LogP contribution is 2.19. The van der Waals surface area contributed by atoms with Crippen molar-refractivity contribution in [1.82, 2.24) is 4.98 Å². The van der Waals surface area contributed by atoms with Crippen molar-refractivity contribution in [1.29, 1.82) is 0 Å². The van der Waals surface area contributed by atoms with Crippen molar-refractivity contribution < 1.29 is 9.21 Å². The summed E-state index contributed by atoms with van der Waals surface area (Å²) in [6.07, 6.45) is 2.70. The molecule has 0 radical (unpaired) electrons. The molecule has 0 aliphatic heterocycles. The molecule has 0 unspecified atom stereocenters. The molecule has 11 heavy (non-hydrogen) atoms. The van der Waals surface area contributed by atoms with Gasteiger partial charge in [-0.05, 0) is 0 Å². The summed E-state index contributed by atoms with van der Waals surface area (Å²) in [4.78, 5) is 15.1. The van der Waals surface area contributed by atoms with Gasteiger partial charge in [-0.3, -0.25) is 4.79 Å². The fourth-order valence-electron chi connectivity index (χ4n) is 0.698. The van der Waals surface area contributed by atoms with Crippen molar-refractivity contribution in [3.8, 4) is 0 Å². The van der Waals surface area contributed by atoms with Crippen molar-refractivity contribution in [3.63, 3.8) is 0 Å². The number of carbonyl (C=O) groups is 1. The molecule has 0 N–H and O–H groups in total. The molecule has 0 saturated carbocycles. The number of aromatic nitrogens is 1. The van der Waals surface area contributed by atoms with Gasteiger partial charge in [0.25, 0.3) is 0 Å². The van der Waals surface area contributed by atoms with E-state index in [9.17, 15) is 4.79 Å². The summed E-state index contributed by atoms with van der Waals surface area (Å²) in [7, 11) is 0. The minimum atomic E-state index is -0.389. The molecular formula is C8H11NO2. The molecule has 0 spiro atoms. The van der Waals surface area contributed by atoms with Crippen molar-refractivity contribution in [2.75, 3.05) is 0 Å². The number of hydrogen-bond donors (Lipinski definition) is 0. The third-order valence-corrected chi connectivity index (χ3v) is 1.34.